The molecular formula is C73H69F3N4O10S3. The summed E-state index contributed by atoms with van der Waals surface area (Å²) in [4.78, 5) is 54.1. The number of benzene rings is 6. The Morgan fingerprint density at radius 3 is 1.42 bits per heavy atom. The normalized spacial score (nSPS) is 11.6. The first-order chi connectivity index (χ1) is 44.1. The molecule has 0 bridgehead atoms. The summed E-state index contributed by atoms with van der Waals surface area (Å²) < 4.78 is 121. The minimum atomic E-state index is -4.61. The van der Waals surface area contributed by atoms with Crippen molar-refractivity contribution in [1.29, 1.82) is 0 Å². The fraction of sp³-hybridized carbons (Fsp3) is 0.219. The second kappa shape index (κ2) is 30.8. The summed E-state index contributed by atoms with van der Waals surface area (Å²) in [5, 5.41) is 0. The number of Topliss-reactive ketones (excluding diaryl/α,β-unsaturated/α-hetero) is 3. The number of pyridine rings is 3. The number of ketones is 3. The summed E-state index contributed by atoms with van der Waals surface area (Å²) in [6.07, 6.45) is 7.52. The van der Waals surface area contributed by atoms with Crippen molar-refractivity contribution in [3.63, 3.8) is 0 Å². The topological polar surface area (TPSA) is 218 Å². The monoisotopic (exact) mass is 1310 g/mol. The van der Waals surface area contributed by atoms with Gasteiger partial charge in [0.1, 0.15) is 11.5 Å². The summed E-state index contributed by atoms with van der Waals surface area (Å²) in [6.45, 7) is 11.2. The first kappa shape index (κ1) is 69.5. The van der Waals surface area contributed by atoms with Gasteiger partial charge in [-0.05, 0) is 172 Å². The average Bonchev–Trinajstić information content (AvgIpc) is 1.12. The van der Waals surface area contributed by atoms with E-state index in [1.165, 1.54) is 0 Å². The SMILES string of the molecule is Cc1cc(C)c(C)c(S(=O)(=O)CCc2ccc(C(=O)Cc3cccnc3)cc2)c1C.Cc1ccc(S(=O)(=O)Cc2nc(-c3ccc(C(=O)CCc4cccnc4)cc3)oc2C)cc1.O=C(Cc1cccnc1)c1ccc(CCS(=O)(=O)c2cccc(C(F)(F)F)c2)cc1. The molecule has 0 unspecified atom stereocenters. The van der Waals surface area contributed by atoms with Gasteiger partial charge in [0.05, 0.1) is 37.4 Å². The number of hydrogen-bond acceptors (Lipinski definition) is 14. The van der Waals surface area contributed by atoms with E-state index >= 15 is 0 Å². The van der Waals surface area contributed by atoms with Crippen LogP contribution in [-0.4, -0.2) is 74.0 Å². The Bertz CT molecular complexity index is 4560. The van der Waals surface area contributed by atoms with Crippen LogP contribution in [0.5, 0.6) is 0 Å². The van der Waals surface area contributed by atoms with Crippen molar-refractivity contribution in [1.82, 2.24) is 19.9 Å². The van der Waals surface area contributed by atoms with E-state index in [2.05, 4.69) is 19.9 Å². The lowest BCUT2D eigenvalue weighted by molar-refractivity contribution is -0.137. The minimum absolute atomic E-state index is 0.0173. The molecule has 0 radical (unpaired) electrons. The molecule has 14 nitrogen and oxygen atoms in total. The maximum atomic E-state index is 13.1. The second-order valence-corrected chi connectivity index (χ2v) is 28.7. The van der Waals surface area contributed by atoms with Crippen LogP contribution < -0.4 is 0 Å². The maximum Gasteiger partial charge on any atom is 0.416 e. The van der Waals surface area contributed by atoms with Gasteiger partial charge in [0.2, 0.25) is 5.89 Å². The molecule has 20 heteroatoms. The van der Waals surface area contributed by atoms with Crippen molar-refractivity contribution in [2.24, 2.45) is 0 Å². The molecule has 0 fully saturated rings. The lowest BCUT2D eigenvalue weighted by Crippen LogP contribution is -2.14. The lowest BCUT2D eigenvalue weighted by atomic mass is 10.0. The fourth-order valence-electron chi connectivity index (χ4n) is 9.97. The third-order valence-electron chi connectivity index (χ3n) is 15.6. The first-order valence-corrected chi connectivity index (χ1v) is 34.6. The van der Waals surface area contributed by atoms with Gasteiger partial charge < -0.3 is 4.42 Å². The van der Waals surface area contributed by atoms with E-state index in [0.717, 1.165) is 68.3 Å². The Kier molecular flexibility index (Phi) is 23.0. The molecule has 0 amide bonds. The van der Waals surface area contributed by atoms with Crippen LogP contribution in [0.15, 0.2) is 220 Å². The molecule has 0 atom stereocenters. The lowest BCUT2D eigenvalue weighted by Gasteiger charge is -2.15. The average molecular weight is 1320 g/mol. The number of carbonyl (C=O) groups is 3. The van der Waals surface area contributed by atoms with Gasteiger partial charge >= 0.3 is 6.18 Å². The summed E-state index contributed by atoms with van der Waals surface area (Å²) in [7, 11) is -10.8. The highest BCUT2D eigenvalue weighted by atomic mass is 32.2. The predicted molar refractivity (Wildman–Crippen MR) is 351 cm³/mol. The van der Waals surface area contributed by atoms with E-state index in [4.69, 9.17) is 4.42 Å². The van der Waals surface area contributed by atoms with Gasteiger partial charge in [0.25, 0.3) is 0 Å². The molecule has 10 aromatic rings. The highest BCUT2D eigenvalue weighted by Gasteiger charge is 2.32. The number of halogens is 3. The Balaban J connectivity index is 0.000000180. The molecule has 480 valence electrons. The van der Waals surface area contributed by atoms with Crippen molar-refractivity contribution < 1.29 is 57.2 Å². The zero-order valence-electron chi connectivity index (χ0n) is 52.1. The van der Waals surface area contributed by atoms with Gasteiger partial charge in [0, 0.05) is 78.7 Å². The molecule has 0 aliphatic rings. The highest BCUT2D eigenvalue weighted by molar-refractivity contribution is 7.91. The van der Waals surface area contributed by atoms with Gasteiger partial charge in [-0.15, -0.1) is 0 Å². The number of carbonyl (C=O) groups excluding carboxylic acids is 3. The largest absolute Gasteiger partial charge is 0.441 e. The van der Waals surface area contributed by atoms with Crippen LogP contribution in [-0.2, 0) is 73.5 Å². The van der Waals surface area contributed by atoms with Crippen LogP contribution in [0.3, 0.4) is 0 Å². The standard InChI is InChI=1S/C26H24N2O4S.C25H27NO3S.C22H18F3NO3S/c1-18-5-12-23(13-6-18)33(30,31)17-24-19(2)32-26(28-24)22-10-8-21(9-11-22)25(29)14-7-20-4-3-15-27-16-20;1-17-14-18(2)20(4)25(19(17)3)30(28,29)13-11-21-7-9-23(10-8-21)24(27)15-22-6-5-12-26-16-22;23-22(24,25)19-4-1-5-20(14-19)30(28,29)12-10-16-6-8-18(9-7-16)21(27)13-17-3-2-11-26-15-17/h3-6,8-13,15-16H,7,14,17H2,1-2H3;5-10,12,14,16H,11,13,15H2,1-4H3;1-9,11,14-15H,10,12-13H2. The molecule has 6 aromatic carbocycles. The molecule has 93 heavy (non-hydrogen) atoms. The third kappa shape index (κ3) is 19.3. The van der Waals surface area contributed by atoms with Crippen LogP contribution in [0.2, 0.25) is 0 Å². The fourth-order valence-corrected chi connectivity index (χ4v) is 14.6. The molecule has 0 aliphatic carbocycles. The minimum Gasteiger partial charge on any atom is -0.441 e. The van der Waals surface area contributed by atoms with E-state index in [0.29, 0.717) is 81.8 Å². The molecule has 0 spiro atoms. The summed E-state index contributed by atoms with van der Waals surface area (Å²) >= 11 is 0. The zero-order chi connectivity index (χ0) is 67.1. The Labute approximate surface area is 540 Å². The Morgan fingerprint density at radius 2 is 0.935 bits per heavy atom. The summed E-state index contributed by atoms with van der Waals surface area (Å²) in [5.41, 5.74) is 10.7. The molecule has 4 heterocycles. The van der Waals surface area contributed by atoms with Crippen molar-refractivity contribution in [2.45, 2.75) is 107 Å². The van der Waals surface area contributed by atoms with Crippen LogP contribution >= 0.6 is 0 Å². The van der Waals surface area contributed by atoms with E-state index in [-0.39, 0.29) is 57.2 Å². The van der Waals surface area contributed by atoms with E-state index in [1.807, 2.05) is 77.1 Å². The summed E-state index contributed by atoms with van der Waals surface area (Å²) in [5.74, 6) is 0.218. The van der Waals surface area contributed by atoms with E-state index in [1.54, 1.807) is 141 Å². The Hall–Kier alpha value is -9.37. The quantitative estimate of drug-likeness (QED) is 0.0577. The number of nitrogens with zero attached hydrogens (tertiary/aromatic N) is 4. The van der Waals surface area contributed by atoms with Gasteiger partial charge in [-0.1, -0.05) is 109 Å². The molecule has 0 aliphatic heterocycles. The first-order valence-electron chi connectivity index (χ1n) is 29.7. The zero-order valence-corrected chi connectivity index (χ0v) is 54.6. The molecule has 0 N–H and O–H groups in total. The number of rotatable bonds is 22. The number of alkyl halides is 3. The summed E-state index contributed by atoms with van der Waals surface area (Å²) in [6, 6.07) is 44.3. The Morgan fingerprint density at radius 1 is 0.462 bits per heavy atom. The number of hydrogen-bond donors (Lipinski definition) is 0. The second-order valence-electron chi connectivity index (χ2n) is 22.5. The number of aryl methyl sites for hydroxylation is 7. The van der Waals surface area contributed by atoms with Crippen LogP contribution in [0.25, 0.3) is 11.5 Å². The van der Waals surface area contributed by atoms with E-state index < -0.39 is 41.3 Å². The van der Waals surface area contributed by atoms with Gasteiger partial charge in [0.15, 0.2) is 46.9 Å². The molecule has 0 saturated carbocycles. The molecule has 10 rings (SSSR count). The predicted octanol–water partition coefficient (Wildman–Crippen LogP) is 14.4. The number of sulfone groups is 3. The van der Waals surface area contributed by atoms with Crippen LogP contribution in [0.4, 0.5) is 13.2 Å². The molecular weight excluding hydrogens is 1250 g/mol. The molecule has 4 aromatic heterocycles. The van der Waals surface area contributed by atoms with Gasteiger partial charge in [-0.25, -0.2) is 30.2 Å². The van der Waals surface area contributed by atoms with Gasteiger partial charge in [-0.2, -0.15) is 13.2 Å². The van der Waals surface area contributed by atoms with Crippen molar-refractivity contribution in [2.75, 3.05) is 11.5 Å². The van der Waals surface area contributed by atoms with Gasteiger partial charge in [-0.3, -0.25) is 29.3 Å². The van der Waals surface area contributed by atoms with Crippen LogP contribution in [0.1, 0.15) is 110 Å². The van der Waals surface area contributed by atoms with Crippen molar-refractivity contribution in [3.05, 3.63) is 290 Å². The number of oxazole rings is 1. The van der Waals surface area contributed by atoms with Crippen LogP contribution in [0, 0.1) is 41.5 Å². The molecule has 0 saturated heterocycles. The van der Waals surface area contributed by atoms with Crippen molar-refractivity contribution in [3.8, 4) is 11.5 Å². The van der Waals surface area contributed by atoms with Crippen molar-refractivity contribution >= 4 is 46.9 Å². The number of aromatic nitrogens is 4. The smallest absolute Gasteiger partial charge is 0.416 e. The third-order valence-corrected chi connectivity index (χ3v) is 20.9. The maximum absolute atomic E-state index is 13.1. The highest BCUT2D eigenvalue weighted by Crippen LogP contribution is 2.32. The van der Waals surface area contributed by atoms with E-state index in [9.17, 15) is 52.8 Å².